The molecular formula is C33H30N4O3. The molecule has 1 aliphatic rings. The molecule has 7 rings (SSSR count). The topological polar surface area (TPSA) is 81.6 Å². The van der Waals surface area contributed by atoms with Crippen LogP contribution >= 0.6 is 0 Å². The van der Waals surface area contributed by atoms with Gasteiger partial charge in [-0.05, 0) is 36.8 Å². The smallest absolute Gasteiger partial charge is 0.196 e. The summed E-state index contributed by atoms with van der Waals surface area (Å²) in [5.41, 5.74) is 5.19. The van der Waals surface area contributed by atoms with Crippen LogP contribution < -0.4 is 21.1 Å². The average Bonchev–Trinajstić information content (AvgIpc) is 2.99. The summed E-state index contributed by atoms with van der Waals surface area (Å²) in [7, 11) is 0. The van der Waals surface area contributed by atoms with Crippen LogP contribution in [0.5, 0.6) is 0 Å². The minimum atomic E-state index is -0.172. The van der Waals surface area contributed by atoms with Gasteiger partial charge in [-0.15, -0.1) is 0 Å². The van der Waals surface area contributed by atoms with Gasteiger partial charge in [0, 0.05) is 61.8 Å². The zero-order chi connectivity index (χ0) is 27.2. The zero-order valence-electron chi connectivity index (χ0n) is 22.4. The molecule has 0 aliphatic carbocycles. The van der Waals surface area contributed by atoms with Crippen LogP contribution in [0.1, 0.15) is 5.56 Å². The number of hydrogen-bond acceptors (Lipinski definition) is 6. The molecule has 0 unspecified atom stereocenters. The molecule has 0 saturated carbocycles. The quantitative estimate of drug-likeness (QED) is 0.227. The van der Waals surface area contributed by atoms with E-state index in [4.69, 9.17) is 4.42 Å². The molecule has 1 saturated heterocycles. The summed E-state index contributed by atoms with van der Waals surface area (Å²) < 4.78 is 6.28. The zero-order valence-corrected chi connectivity index (χ0v) is 22.4. The standard InChI is InChI=1S/C33H30N4O3/c1-21-11-12-27-25(19-21)35-31-28(40-27)20-26(29-30(31)33(39)24-10-6-5-9-23(24)32(29)38)34-13-14-36-15-17-37(18-16-36)22-7-3-2-4-8-22/h2-12,19-20,34-35H,13-18H2,1H3. The summed E-state index contributed by atoms with van der Waals surface area (Å²) in [6.07, 6.45) is 0. The molecule has 40 heavy (non-hydrogen) atoms. The van der Waals surface area contributed by atoms with Gasteiger partial charge >= 0.3 is 0 Å². The van der Waals surface area contributed by atoms with Crippen LogP contribution in [0.3, 0.4) is 0 Å². The number of benzene rings is 5. The van der Waals surface area contributed by atoms with E-state index >= 15 is 0 Å². The second kappa shape index (κ2) is 9.84. The summed E-state index contributed by atoms with van der Waals surface area (Å²) in [6, 6.07) is 25.3. The highest BCUT2D eigenvalue weighted by molar-refractivity contribution is 6.14. The predicted molar refractivity (Wildman–Crippen MR) is 164 cm³/mol. The maximum atomic E-state index is 13.8. The molecule has 2 N–H and O–H groups in total. The van der Waals surface area contributed by atoms with Gasteiger partial charge in [0.15, 0.2) is 22.0 Å². The van der Waals surface area contributed by atoms with E-state index < -0.39 is 0 Å². The highest BCUT2D eigenvalue weighted by atomic mass is 16.3. The number of nitrogens with zero attached hydrogens (tertiary/aromatic N) is 2. The highest BCUT2D eigenvalue weighted by Gasteiger charge is 2.20. The van der Waals surface area contributed by atoms with E-state index in [2.05, 4.69) is 44.4 Å². The van der Waals surface area contributed by atoms with Crippen molar-refractivity contribution in [2.75, 3.05) is 49.5 Å². The van der Waals surface area contributed by atoms with E-state index in [0.29, 0.717) is 50.5 Å². The lowest BCUT2D eigenvalue weighted by Crippen LogP contribution is -2.47. The molecule has 0 radical (unpaired) electrons. The molecule has 1 aliphatic heterocycles. The summed E-state index contributed by atoms with van der Waals surface area (Å²) in [5, 5.41) is 5.13. The number of fused-ring (bicyclic) bond motifs is 5. The van der Waals surface area contributed by atoms with Gasteiger partial charge in [-0.3, -0.25) is 14.5 Å². The van der Waals surface area contributed by atoms with E-state index in [1.54, 1.807) is 24.3 Å². The summed E-state index contributed by atoms with van der Waals surface area (Å²) in [4.78, 5) is 35.9. The number of anilines is 2. The van der Waals surface area contributed by atoms with Gasteiger partial charge in [-0.2, -0.15) is 0 Å². The van der Waals surface area contributed by atoms with E-state index in [9.17, 15) is 9.59 Å². The van der Waals surface area contributed by atoms with Crippen molar-refractivity contribution in [2.45, 2.75) is 6.92 Å². The second-order valence-corrected chi connectivity index (χ2v) is 10.6. The van der Waals surface area contributed by atoms with Crippen LogP contribution in [-0.2, 0) is 0 Å². The Morgan fingerprint density at radius 1 is 0.800 bits per heavy atom. The third-order valence-corrected chi connectivity index (χ3v) is 8.01. The van der Waals surface area contributed by atoms with Crippen molar-refractivity contribution in [3.8, 4) is 0 Å². The van der Waals surface area contributed by atoms with Crippen molar-refractivity contribution in [1.82, 2.24) is 9.88 Å². The largest absolute Gasteiger partial charge is 0.453 e. The number of rotatable bonds is 5. The molecule has 0 atom stereocenters. The van der Waals surface area contributed by atoms with Crippen molar-refractivity contribution in [3.63, 3.8) is 0 Å². The number of piperazine rings is 1. The monoisotopic (exact) mass is 530 g/mol. The van der Waals surface area contributed by atoms with Gasteiger partial charge in [0.2, 0.25) is 0 Å². The molecule has 7 nitrogen and oxygen atoms in total. The minimum Gasteiger partial charge on any atom is -0.453 e. The maximum absolute atomic E-state index is 13.8. The fraction of sp³-hybridized carbons (Fsp3) is 0.212. The number of aryl methyl sites for hydroxylation is 1. The maximum Gasteiger partial charge on any atom is 0.196 e. The Hall–Kier alpha value is -4.62. The Labute approximate surface area is 230 Å². The molecule has 5 aromatic carbocycles. The van der Waals surface area contributed by atoms with E-state index in [1.165, 1.54) is 5.69 Å². The molecule has 1 aromatic heterocycles. The Balaban J connectivity index is 1.25. The first-order chi connectivity index (χ1) is 19.6. The molecule has 7 heteroatoms. The van der Waals surface area contributed by atoms with Gasteiger partial charge in [0.25, 0.3) is 0 Å². The SMILES string of the molecule is Cc1ccc2oc3cc(NCCN4CCN(c5ccccc5)CC4)c4c(=O)c5ccccc5c(=O)c4c3[nH]c2c1. The van der Waals surface area contributed by atoms with E-state index in [0.717, 1.165) is 43.8 Å². The Bertz CT molecular complexity index is 2000. The Kier molecular flexibility index (Phi) is 6.01. The van der Waals surface area contributed by atoms with Crippen LogP contribution in [0.15, 0.2) is 92.9 Å². The van der Waals surface area contributed by atoms with Gasteiger partial charge in [-0.25, -0.2) is 0 Å². The molecular weight excluding hydrogens is 500 g/mol. The number of para-hydroxylation sites is 1. The summed E-state index contributed by atoms with van der Waals surface area (Å²) in [5.74, 6) is 0. The lowest BCUT2D eigenvalue weighted by Gasteiger charge is -2.36. The third kappa shape index (κ3) is 4.19. The average molecular weight is 531 g/mol. The first-order valence-electron chi connectivity index (χ1n) is 13.8. The van der Waals surface area contributed by atoms with Crippen LogP contribution in [0, 0.1) is 6.92 Å². The van der Waals surface area contributed by atoms with Crippen molar-refractivity contribution in [1.29, 1.82) is 0 Å². The summed E-state index contributed by atoms with van der Waals surface area (Å²) in [6.45, 7) is 7.35. The van der Waals surface area contributed by atoms with E-state index in [1.807, 2.05) is 37.3 Å². The van der Waals surface area contributed by atoms with Gasteiger partial charge in [0.1, 0.15) is 0 Å². The summed E-state index contributed by atoms with van der Waals surface area (Å²) >= 11 is 0. The first kappa shape index (κ1) is 24.4. The molecule has 0 spiro atoms. The third-order valence-electron chi connectivity index (χ3n) is 8.01. The molecule has 0 amide bonds. The number of nitrogens with one attached hydrogen (secondary N) is 2. The Morgan fingerprint density at radius 2 is 1.50 bits per heavy atom. The van der Waals surface area contributed by atoms with Crippen molar-refractivity contribution < 1.29 is 4.42 Å². The van der Waals surface area contributed by atoms with Crippen LogP contribution in [0.2, 0.25) is 0 Å². The second-order valence-electron chi connectivity index (χ2n) is 10.6. The molecule has 2 heterocycles. The molecule has 6 aromatic rings. The fourth-order valence-corrected chi connectivity index (χ4v) is 5.91. The van der Waals surface area contributed by atoms with Crippen LogP contribution in [0.4, 0.5) is 11.4 Å². The van der Waals surface area contributed by atoms with Gasteiger partial charge in [-0.1, -0.05) is 48.5 Å². The van der Waals surface area contributed by atoms with E-state index in [-0.39, 0.29) is 10.9 Å². The van der Waals surface area contributed by atoms with Gasteiger partial charge < -0.3 is 19.6 Å². The predicted octanol–water partition coefficient (Wildman–Crippen LogP) is 5.48. The van der Waals surface area contributed by atoms with Gasteiger partial charge in [0.05, 0.1) is 27.5 Å². The van der Waals surface area contributed by atoms with Crippen molar-refractivity contribution >= 4 is 55.1 Å². The molecule has 200 valence electrons. The number of aromatic nitrogens is 1. The van der Waals surface area contributed by atoms with Crippen LogP contribution in [-0.4, -0.2) is 49.2 Å². The lowest BCUT2D eigenvalue weighted by molar-refractivity contribution is 0.267. The number of aromatic amines is 1. The fourth-order valence-electron chi connectivity index (χ4n) is 5.91. The lowest BCUT2D eigenvalue weighted by atomic mass is 9.99. The Morgan fingerprint density at radius 3 is 2.25 bits per heavy atom. The molecule has 1 fully saturated rings. The van der Waals surface area contributed by atoms with Crippen molar-refractivity contribution in [2.24, 2.45) is 0 Å². The normalized spacial score (nSPS) is 14.5. The minimum absolute atomic E-state index is 0.149. The number of hydrogen-bond donors (Lipinski definition) is 2. The molecule has 0 bridgehead atoms. The highest BCUT2D eigenvalue weighted by Crippen LogP contribution is 2.31. The van der Waals surface area contributed by atoms with Crippen LogP contribution in [0.25, 0.3) is 43.7 Å². The first-order valence-corrected chi connectivity index (χ1v) is 13.8. The number of H-pyrrole nitrogens is 1. The van der Waals surface area contributed by atoms with Crippen molar-refractivity contribution in [3.05, 3.63) is 105 Å².